The summed E-state index contributed by atoms with van der Waals surface area (Å²) in [6, 6.07) is 10.2. The number of hydrogen-bond donors (Lipinski definition) is 0. The van der Waals surface area contributed by atoms with Gasteiger partial charge in [-0.25, -0.2) is 4.98 Å². The average Bonchev–Trinajstić information content (AvgIpc) is 3.10. The largest absolute Gasteiger partial charge is 0.448 e. The second-order valence-corrected chi connectivity index (χ2v) is 6.31. The summed E-state index contributed by atoms with van der Waals surface area (Å²) in [5, 5.41) is 4.72. The van der Waals surface area contributed by atoms with Crippen molar-refractivity contribution in [3.8, 4) is 11.3 Å². The number of rotatable bonds is 2. The zero-order valence-electron chi connectivity index (χ0n) is 14.4. The first-order valence-corrected chi connectivity index (χ1v) is 8.44. The quantitative estimate of drug-likeness (QED) is 0.722. The van der Waals surface area contributed by atoms with E-state index in [2.05, 4.69) is 17.1 Å². The highest BCUT2D eigenvalue weighted by Crippen LogP contribution is 2.28. The van der Waals surface area contributed by atoms with Crippen LogP contribution in [-0.2, 0) is 19.9 Å². The maximum Gasteiger partial charge on any atom is 0.276 e. The highest BCUT2D eigenvalue weighted by molar-refractivity contribution is 5.93. The average molecular weight is 336 g/mol. The van der Waals surface area contributed by atoms with Crippen LogP contribution in [-0.4, -0.2) is 38.7 Å². The minimum absolute atomic E-state index is 0.0618. The predicted octanol–water partition coefficient (Wildman–Crippen LogP) is 2.62. The van der Waals surface area contributed by atoms with E-state index in [0.717, 1.165) is 24.1 Å². The first-order chi connectivity index (χ1) is 12.1. The van der Waals surface area contributed by atoms with Gasteiger partial charge < -0.3 is 9.32 Å². The predicted molar refractivity (Wildman–Crippen MR) is 93.2 cm³/mol. The normalized spacial score (nSPS) is 14.2. The van der Waals surface area contributed by atoms with Crippen LogP contribution in [0.15, 0.2) is 41.1 Å². The molecule has 0 N–H and O–H groups in total. The number of benzene rings is 1. The van der Waals surface area contributed by atoms with Crippen molar-refractivity contribution in [3.05, 3.63) is 59.4 Å². The lowest BCUT2D eigenvalue weighted by Crippen LogP contribution is -2.34. The van der Waals surface area contributed by atoms with Crippen LogP contribution in [0, 0.1) is 6.92 Å². The van der Waals surface area contributed by atoms with E-state index in [1.165, 1.54) is 17.7 Å². The third-order valence-electron chi connectivity index (χ3n) is 4.81. The second-order valence-electron chi connectivity index (χ2n) is 6.31. The minimum atomic E-state index is -0.0618. The minimum Gasteiger partial charge on any atom is -0.448 e. The summed E-state index contributed by atoms with van der Waals surface area (Å²) in [6.07, 6.45) is 2.90. The molecular formula is C19H20N4O2. The molecule has 0 bridgehead atoms. The molecule has 4 rings (SSSR count). The molecule has 128 valence electrons. The number of hydrogen-bond acceptors (Lipinski definition) is 4. The van der Waals surface area contributed by atoms with Gasteiger partial charge in [-0.1, -0.05) is 30.3 Å². The van der Waals surface area contributed by atoms with Gasteiger partial charge >= 0.3 is 0 Å². The van der Waals surface area contributed by atoms with E-state index in [0.29, 0.717) is 24.5 Å². The summed E-state index contributed by atoms with van der Waals surface area (Å²) in [5.41, 5.74) is 4.98. The van der Waals surface area contributed by atoms with Gasteiger partial charge in [0.25, 0.3) is 5.91 Å². The Labute approximate surface area is 146 Å². The lowest BCUT2D eigenvalue weighted by Gasteiger charge is -2.19. The highest BCUT2D eigenvalue weighted by atomic mass is 16.3. The van der Waals surface area contributed by atoms with E-state index in [9.17, 15) is 4.79 Å². The molecule has 1 aliphatic heterocycles. The van der Waals surface area contributed by atoms with Crippen LogP contribution in [0.1, 0.15) is 27.5 Å². The van der Waals surface area contributed by atoms with E-state index >= 15 is 0 Å². The molecule has 0 fully saturated rings. The number of aryl methyl sites for hydroxylation is 2. The lowest BCUT2D eigenvalue weighted by molar-refractivity contribution is 0.0755. The fourth-order valence-electron chi connectivity index (χ4n) is 3.47. The van der Waals surface area contributed by atoms with Crippen LogP contribution in [0.25, 0.3) is 11.3 Å². The Morgan fingerprint density at radius 2 is 1.92 bits per heavy atom. The SMILES string of the molecule is Cc1ocnc1C(=O)N1CCc2c(-c3ccccc3)nn(C)c2CC1. The van der Waals surface area contributed by atoms with E-state index in [1.807, 2.05) is 34.8 Å². The van der Waals surface area contributed by atoms with Crippen molar-refractivity contribution >= 4 is 5.91 Å². The van der Waals surface area contributed by atoms with Gasteiger partial charge in [-0.3, -0.25) is 9.48 Å². The number of fused-ring (bicyclic) bond motifs is 1. The summed E-state index contributed by atoms with van der Waals surface area (Å²) in [7, 11) is 1.98. The van der Waals surface area contributed by atoms with Crippen molar-refractivity contribution in [3.63, 3.8) is 0 Å². The fourth-order valence-corrected chi connectivity index (χ4v) is 3.47. The highest BCUT2D eigenvalue weighted by Gasteiger charge is 2.26. The van der Waals surface area contributed by atoms with Gasteiger partial charge in [-0.05, 0) is 13.3 Å². The van der Waals surface area contributed by atoms with E-state index in [4.69, 9.17) is 9.52 Å². The molecule has 6 heteroatoms. The maximum absolute atomic E-state index is 12.7. The summed E-state index contributed by atoms with van der Waals surface area (Å²) in [4.78, 5) is 18.7. The van der Waals surface area contributed by atoms with Crippen molar-refractivity contribution in [1.82, 2.24) is 19.7 Å². The van der Waals surface area contributed by atoms with Gasteiger partial charge in [0.2, 0.25) is 0 Å². The molecule has 1 amide bonds. The Kier molecular flexibility index (Phi) is 3.87. The van der Waals surface area contributed by atoms with Gasteiger partial charge in [-0.2, -0.15) is 5.10 Å². The topological polar surface area (TPSA) is 64.2 Å². The van der Waals surface area contributed by atoms with Gasteiger partial charge in [0.15, 0.2) is 12.1 Å². The third-order valence-corrected chi connectivity index (χ3v) is 4.81. The third kappa shape index (κ3) is 2.73. The number of amides is 1. The van der Waals surface area contributed by atoms with Crippen LogP contribution < -0.4 is 0 Å². The molecule has 0 atom stereocenters. The molecule has 1 aromatic carbocycles. The van der Waals surface area contributed by atoms with Crippen LogP contribution in [0.2, 0.25) is 0 Å². The van der Waals surface area contributed by atoms with Gasteiger partial charge in [0, 0.05) is 43.4 Å². The van der Waals surface area contributed by atoms with Crippen molar-refractivity contribution in [1.29, 1.82) is 0 Å². The van der Waals surface area contributed by atoms with Gasteiger partial charge in [0.05, 0.1) is 5.69 Å². The lowest BCUT2D eigenvalue weighted by atomic mass is 10.0. The Balaban J connectivity index is 1.63. The number of nitrogens with zero attached hydrogens (tertiary/aromatic N) is 4. The van der Waals surface area contributed by atoms with Crippen LogP contribution in [0.3, 0.4) is 0 Å². The van der Waals surface area contributed by atoms with Crippen LogP contribution >= 0.6 is 0 Å². The molecule has 1 aliphatic rings. The first kappa shape index (κ1) is 15.6. The molecule has 0 spiro atoms. The summed E-state index contributed by atoms with van der Waals surface area (Å²) < 4.78 is 7.13. The first-order valence-electron chi connectivity index (χ1n) is 8.44. The summed E-state index contributed by atoms with van der Waals surface area (Å²) in [6.45, 7) is 3.08. The molecule has 2 aromatic heterocycles. The molecular weight excluding hydrogens is 316 g/mol. The smallest absolute Gasteiger partial charge is 0.276 e. The second kappa shape index (κ2) is 6.20. The summed E-state index contributed by atoms with van der Waals surface area (Å²) in [5.74, 6) is 0.506. The fraction of sp³-hybridized carbons (Fsp3) is 0.316. The number of carbonyl (C=O) groups excluding carboxylic acids is 1. The van der Waals surface area contributed by atoms with Crippen LogP contribution in [0.5, 0.6) is 0 Å². The Bertz CT molecular complexity index is 911. The molecule has 0 radical (unpaired) electrons. The molecule has 3 aromatic rings. The Morgan fingerprint density at radius 1 is 1.16 bits per heavy atom. The molecule has 0 saturated heterocycles. The monoisotopic (exact) mass is 336 g/mol. The van der Waals surface area contributed by atoms with Gasteiger partial charge in [-0.15, -0.1) is 0 Å². The molecule has 0 aliphatic carbocycles. The standard InChI is InChI=1S/C19H20N4O2/c1-13-17(20-12-25-13)19(24)23-10-8-15-16(9-11-23)22(2)21-18(15)14-6-4-3-5-7-14/h3-7,12H,8-11H2,1-2H3. The van der Waals surface area contributed by atoms with E-state index < -0.39 is 0 Å². The Morgan fingerprint density at radius 3 is 2.64 bits per heavy atom. The zero-order chi connectivity index (χ0) is 17.4. The zero-order valence-corrected chi connectivity index (χ0v) is 14.4. The van der Waals surface area contributed by atoms with Crippen molar-refractivity contribution < 1.29 is 9.21 Å². The molecule has 6 nitrogen and oxygen atoms in total. The van der Waals surface area contributed by atoms with Gasteiger partial charge in [0.1, 0.15) is 5.76 Å². The Hall–Kier alpha value is -2.89. The molecule has 0 saturated carbocycles. The summed E-state index contributed by atoms with van der Waals surface area (Å²) >= 11 is 0. The van der Waals surface area contributed by atoms with Crippen molar-refractivity contribution in [2.75, 3.05) is 13.1 Å². The van der Waals surface area contributed by atoms with E-state index in [-0.39, 0.29) is 5.91 Å². The molecule has 25 heavy (non-hydrogen) atoms. The molecule has 0 unspecified atom stereocenters. The van der Waals surface area contributed by atoms with Crippen molar-refractivity contribution in [2.24, 2.45) is 7.05 Å². The van der Waals surface area contributed by atoms with E-state index in [1.54, 1.807) is 6.92 Å². The maximum atomic E-state index is 12.7. The molecule has 3 heterocycles. The number of aromatic nitrogens is 3. The van der Waals surface area contributed by atoms with Crippen LogP contribution in [0.4, 0.5) is 0 Å². The number of oxazole rings is 1. The number of carbonyl (C=O) groups is 1. The van der Waals surface area contributed by atoms with Crippen molar-refractivity contribution in [2.45, 2.75) is 19.8 Å².